The highest BCUT2D eigenvalue weighted by atomic mass is 35.5. The van der Waals surface area contributed by atoms with Gasteiger partial charge in [0, 0.05) is 31.6 Å². The number of benzene rings is 1. The minimum atomic E-state index is -0.365. The molecule has 0 saturated carbocycles. The predicted molar refractivity (Wildman–Crippen MR) is 105 cm³/mol. The van der Waals surface area contributed by atoms with Crippen LogP contribution in [0.4, 0.5) is 5.69 Å². The highest BCUT2D eigenvalue weighted by Crippen LogP contribution is 2.42. The minimum Gasteiger partial charge on any atom is -0.493 e. The van der Waals surface area contributed by atoms with Crippen molar-refractivity contribution in [2.45, 2.75) is 12.8 Å². The summed E-state index contributed by atoms with van der Waals surface area (Å²) >= 11 is 0. The molecule has 152 valence electrons. The Morgan fingerprint density at radius 1 is 1.15 bits per heavy atom. The lowest BCUT2D eigenvalue weighted by Gasteiger charge is -2.20. The summed E-state index contributed by atoms with van der Waals surface area (Å²) in [5.74, 6) is 0.837. The Morgan fingerprint density at radius 3 is 2.30 bits per heavy atom. The van der Waals surface area contributed by atoms with Crippen LogP contribution in [-0.2, 0) is 9.59 Å². The first-order chi connectivity index (χ1) is 12.5. The molecule has 2 rings (SSSR count). The Bertz CT molecular complexity index is 631. The van der Waals surface area contributed by atoms with Gasteiger partial charge in [-0.3, -0.25) is 9.59 Å². The summed E-state index contributed by atoms with van der Waals surface area (Å²) in [6, 6.07) is 3.43. The van der Waals surface area contributed by atoms with Gasteiger partial charge in [0.1, 0.15) is 0 Å². The molecule has 1 aromatic carbocycles. The first-order valence-electron chi connectivity index (χ1n) is 8.58. The van der Waals surface area contributed by atoms with E-state index in [2.05, 4.69) is 10.6 Å². The summed E-state index contributed by atoms with van der Waals surface area (Å²) in [5.41, 5.74) is 0.620. The van der Waals surface area contributed by atoms with E-state index in [9.17, 15) is 9.59 Å². The first-order valence-corrected chi connectivity index (χ1v) is 8.58. The Balaban J connectivity index is 0.00000364. The summed E-state index contributed by atoms with van der Waals surface area (Å²) in [4.78, 5) is 26.3. The lowest BCUT2D eigenvalue weighted by atomic mass is 10.1. The van der Waals surface area contributed by atoms with Crippen LogP contribution in [0.3, 0.4) is 0 Å². The van der Waals surface area contributed by atoms with Crippen molar-refractivity contribution in [3.63, 3.8) is 0 Å². The van der Waals surface area contributed by atoms with E-state index in [-0.39, 0.29) is 36.6 Å². The van der Waals surface area contributed by atoms with Crippen molar-refractivity contribution in [3.8, 4) is 17.2 Å². The van der Waals surface area contributed by atoms with E-state index in [1.54, 1.807) is 17.0 Å². The number of methoxy groups -OCH3 is 3. The number of rotatable bonds is 9. The van der Waals surface area contributed by atoms with Crippen molar-refractivity contribution < 1.29 is 23.8 Å². The standard InChI is InChI=1S/C18H27N3O5.ClH/c1-19-6-5-7-20-18(23)12-8-16(22)21(11-12)13-9-14(24-2)17(26-4)15(10-13)25-3;/h9-10,12,19H,5-8,11H2,1-4H3,(H,20,23);1H. The number of amides is 2. The molecular formula is C18H28ClN3O5. The monoisotopic (exact) mass is 401 g/mol. The molecular weight excluding hydrogens is 374 g/mol. The zero-order valence-corrected chi connectivity index (χ0v) is 17.0. The molecule has 0 bridgehead atoms. The summed E-state index contributed by atoms with van der Waals surface area (Å²) in [6.07, 6.45) is 1.04. The van der Waals surface area contributed by atoms with Crippen LogP contribution in [0, 0.1) is 5.92 Å². The number of carbonyl (C=O) groups is 2. The topological polar surface area (TPSA) is 89.1 Å². The molecule has 1 unspecified atom stereocenters. The Hall–Kier alpha value is -2.19. The molecule has 1 saturated heterocycles. The van der Waals surface area contributed by atoms with E-state index in [4.69, 9.17) is 14.2 Å². The van der Waals surface area contributed by atoms with Gasteiger partial charge in [-0.1, -0.05) is 0 Å². The van der Waals surface area contributed by atoms with Crippen molar-refractivity contribution >= 4 is 29.9 Å². The average Bonchev–Trinajstić information content (AvgIpc) is 3.05. The third-order valence-corrected chi connectivity index (χ3v) is 4.36. The number of anilines is 1. The van der Waals surface area contributed by atoms with Gasteiger partial charge >= 0.3 is 0 Å². The average molecular weight is 402 g/mol. The normalized spacial score (nSPS) is 15.9. The maximum absolute atomic E-state index is 12.4. The number of ether oxygens (including phenoxy) is 3. The van der Waals surface area contributed by atoms with Crippen LogP contribution in [0.1, 0.15) is 12.8 Å². The summed E-state index contributed by atoms with van der Waals surface area (Å²) in [5, 5.41) is 5.92. The molecule has 1 aromatic rings. The SMILES string of the molecule is CNCCCNC(=O)C1CC(=O)N(c2cc(OC)c(OC)c(OC)c2)C1.Cl. The predicted octanol–water partition coefficient (Wildman–Crippen LogP) is 1.21. The summed E-state index contributed by atoms with van der Waals surface area (Å²) in [7, 11) is 6.44. The van der Waals surface area contributed by atoms with Crippen molar-refractivity contribution in [2.24, 2.45) is 5.92 Å². The molecule has 0 radical (unpaired) electrons. The van der Waals surface area contributed by atoms with Crippen molar-refractivity contribution in [1.29, 1.82) is 0 Å². The molecule has 2 amide bonds. The number of halogens is 1. The van der Waals surface area contributed by atoms with Gasteiger partial charge in [-0.25, -0.2) is 0 Å². The van der Waals surface area contributed by atoms with Crippen molar-refractivity contribution in [1.82, 2.24) is 10.6 Å². The molecule has 1 atom stereocenters. The van der Waals surface area contributed by atoms with Crippen LogP contribution in [0.5, 0.6) is 17.2 Å². The zero-order valence-electron chi connectivity index (χ0n) is 16.2. The molecule has 1 aliphatic rings. The molecule has 27 heavy (non-hydrogen) atoms. The van der Waals surface area contributed by atoms with Gasteiger partial charge in [0.15, 0.2) is 11.5 Å². The largest absolute Gasteiger partial charge is 0.493 e. The van der Waals surface area contributed by atoms with E-state index >= 15 is 0 Å². The Kier molecular flexibility index (Phi) is 9.17. The van der Waals surface area contributed by atoms with Crippen LogP contribution < -0.4 is 29.7 Å². The second-order valence-electron chi connectivity index (χ2n) is 6.04. The first kappa shape index (κ1) is 22.9. The fourth-order valence-electron chi connectivity index (χ4n) is 2.98. The van der Waals surface area contributed by atoms with Crippen molar-refractivity contribution in [2.75, 3.05) is 52.9 Å². The number of carbonyl (C=O) groups excluding carboxylic acids is 2. The van der Waals surface area contributed by atoms with E-state index in [1.165, 1.54) is 21.3 Å². The van der Waals surface area contributed by atoms with Crippen molar-refractivity contribution in [3.05, 3.63) is 12.1 Å². The maximum Gasteiger partial charge on any atom is 0.227 e. The lowest BCUT2D eigenvalue weighted by molar-refractivity contribution is -0.126. The highest BCUT2D eigenvalue weighted by molar-refractivity contribution is 6.00. The summed E-state index contributed by atoms with van der Waals surface area (Å²) < 4.78 is 16.0. The number of nitrogens with one attached hydrogen (secondary N) is 2. The van der Waals surface area contributed by atoms with Gasteiger partial charge in [-0.05, 0) is 20.0 Å². The van der Waals surface area contributed by atoms with Gasteiger partial charge < -0.3 is 29.7 Å². The second kappa shape index (κ2) is 10.8. The van der Waals surface area contributed by atoms with Crippen LogP contribution >= 0.6 is 12.4 Å². The van der Waals surface area contributed by atoms with E-state index in [0.29, 0.717) is 36.0 Å². The zero-order chi connectivity index (χ0) is 19.1. The number of hydrogen-bond acceptors (Lipinski definition) is 6. The quantitative estimate of drug-likeness (QED) is 0.605. The van der Waals surface area contributed by atoms with Crippen LogP contribution in [-0.4, -0.2) is 59.8 Å². The molecule has 1 fully saturated rings. The third-order valence-electron chi connectivity index (χ3n) is 4.36. The van der Waals surface area contributed by atoms with Gasteiger partial charge in [0.2, 0.25) is 17.6 Å². The third kappa shape index (κ3) is 5.40. The molecule has 8 nitrogen and oxygen atoms in total. The molecule has 0 aliphatic carbocycles. The smallest absolute Gasteiger partial charge is 0.227 e. The van der Waals surface area contributed by atoms with Gasteiger partial charge in [0.25, 0.3) is 0 Å². The van der Waals surface area contributed by atoms with E-state index in [1.807, 2.05) is 7.05 Å². The van der Waals surface area contributed by atoms with E-state index in [0.717, 1.165) is 13.0 Å². The highest BCUT2D eigenvalue weighted by Gasteiger charge is 2.35. The van der Waals surface area contributed by atoms with Gasteiger partial charge in [-0.2, -0.15) is 0 Å². The Labute approximate surface area is 165 Å². The lowest BCUT2D eigenvalue weighted by Crippen LogP contribution is -2.34. The fraction of sp³-hybridized carbons (Fsp3) is 0.556. The van der Waals surface area contributed by atoms with Gasteiger partial charge in [0.05, 0.1) is 32.9 Å². The van der Waals surface area contributed by atoms with Crippen LogP contribution in [0.25, 0.3) is 0 Å². The van der Waals surface area contributed by atoms with E-state index < -0.39 is 0 Å². The molecule has 1 aliphatic heterocycles. The van der Waals surface area contributed by atoms with Crippen LogP contribution in [0.2, 0.25) is 0 Å². The van der Waals surface area contributed by atoms with Crippen LogP contribution in [0.15, 0.2) is 12.1 Å². The fourth-order valence-corrected chi connectivity index (χ4v) is 2.98. The molecule has 1 heterocycles. The maximum atomic E-state index is 12.4. The summed E-state index contributed by atoms with van der Waals surface area (Å²) in [6.45, 7) is 1.76. The molecule has 0 spiro atoms. The Morgan fingerprint density at radius 2 is 1.78 bits per heavy atom. The number of nitrogens with zero attached hydrogens (tertiary/aromatic N) is 1. The van der Waals surface area contributed by atoms with Gasteiger partial charge in [-0.15, -0.1) is 12.4 Å². The molecule has 2 N–H and O–H groups in total. The second-order valence-corrected chi connectivity index (χ2v) is 6.04. The number of hydrogen-bond donors (Lipinski definition) is 2. The molecule has 0 aromatic heterocycles. The minimum absolute atomic E-state index is 0. The molecule has 9 heteroatoms.